The smallest absolute Gasteiger partial charge is 0.257 e. The minimum Gasteiger partial charge on any atom is -0.354 e. The molecule has 2 aliphatic rings. The lowest BCUT2D eigenvalue weighted by Crippen LogP contribution is -2.46. The fourth-order valence-electron chi connectivity index (χ4n) is 3.83. The third-order valence-electron chi connectivity index (χ3n) is 5.27. The molecule has 0 saturated carbocycles. The number of carbonyl (C=O) groups is 2. The van der Waals surface area contributed by atoms with Crippen LogP contribution in [0.2, 0.25) is 0 Å². The molecule has 3 rings (SSSR count). The van der Waals surface area contributed by atoms with Crippen LogP contribution in [0.4, 0.5) is 0 Å². The van der Waals surface area contributed by atoms with Crippen molar-refractivity contribution >= 4 is 24.2 Å². The Hall–Kier alpha value is -1.73. The second-order valence-electron chi connectivity index (χ2n) is 7.63. The number of amides is 2. The molecule has 7 nitrogen and oxygen atoms in total. The van der Waals surface area contributed by atoms with Crippen molar-refractivity contribution in [2.75, 3.05) is 26.2 Å². The Morgan fingerprint density at radius 2 is 2.15 bits per heavy atom. The zero-order valence-electron chi connectivity index (χ0n) is 16.1. The predicted octanol–water partition coefficient (Wildman–Crippen LogP) is 1.74. The molecule has 2 atom stereocenters. The molecule has 2 amide bonds. The molecule has 0 bridgehead atoms. The molecule has 2 fully saturated rings. The van der Waals surface area contributed by atoms with Crippen molar-refractivity contribution in [2.45, 2.75) is 51.5 Å². The summed E-state index contributed by atoms with van der Waals surface area (Å²) in [7, 11) is 0. The highest BCUT2D eigenvalue weighted by molar-refractivity contribution is 5.95. The third kappa shape index (κ3) is 5.39. The molecule has 0 aliphatic carbocycles. The van der Waals surface area contributed by atoms with Crippen molar-refractivity contribution < 1.29 is 9.59 Å². The summed E-state index contributed by atoms with van der Waals surface area (Å²) in [6.07, 6.45) is 7.08. The third-order valence-corrected chi connectivity index (χ3v) is 5.27. The number of likely N-dealkylation sites (tertiary alicyclic amines) is 1. The first-order valence-electron chi connectivity index (χ1n) is 9.66. The van der Waals surface area contributed by atoms with Crippen molar-refractivity contribution in [3.05, 3.63) is 23.8 Å². The molecule has 0 radical (unpaired) electrons. The Kier molecular flexibility index (Phi) is 7.98. The van der Waals surface area contributed by atoms with E-state index in [-0.39, 0.29) is 36.2 Å². The average molecular weight is 396 g/mol. The van der Waals surface area contributed by atoms with Crippen LogP contribution in [0.1, 0.15) is 61.5 Å². The zero-order valence-corrected chi connectivity index (χ0v) is 16.9. The molecule has 2 aliphatic heterocycles. The monoisotopic (exact) mass is 395 g/mol. The number of piperidine rings is 1. The maximum Gasteiger partial charge on any atom is 0.257 e. The second kappa shape index (κ2) is 9.99. The predicted molar refractivity (Wildman–Crippen MR) is 106 cm³/mol. The minimum absolute atomic E-state index is 0. The highest BCUT2D eigenvalue weighted by atomic mass is 35.5. The Morgan fingerprint density at radius 1 is 1.33 bits per heavy atom. The SMILES string of the molecule is CC(C)c1ncncc1C(=O)N1CCCC(CNC(=O)C2CCCN2)C1.Cl. The highest BCUT2D eigenvalue weighted by Crippen LogP contribution is 2.22. The lowest BCUT2D eigenvalue weighted by atomic mass is 9.96. The average Bonchev–Trinajstić information content (AvgIpc) is 3.20. The molecule has 2 saturated heterocycles. The summed E-state index contributed by atoms with van der Waals surface area (Å²) < 4.78 is 0. The van der Waals surface area contributed by atoms with E-state index in [1.54, 1.807) is 6.20 Å². The summed E-state index contributed by atoms with van der Waals surface area (Å²) in [6.45, 7) is 7.03. The molecule has 27 heavy (non-hydrogen) atoms. The van der Waals surface area contributed by atoms with Crippen molar-refractivity contribution in [3.63, 3.8) is 0 Å². The van der Waals surface area contributed by atoms with E-state index in [4.69, 9.17) is 0 Å². The van der Waals surface area contributed by atoms with Crippen molar-refractivity contribution in [1.82, 2.24) is 25.5 Å². The molecule has 0 spiro atoms. The van der Waals surface area contributed by atoms with Gasteiger partial charge in [0.05, 0.1) is 17.3 Å². The van der Waals surface area contributed by atoms with Crippen LogP contribution in [0, 0.1) is 5.92 Å². The summed E-state index contributed by atoms with van der Waals surface area (Å²) in [5.41, 5.74) is 1.40. The molecule has 0 aromatic carbocycles. The van der Waals surface area contributed by atoms with Gasteiger partial charge in [0, 0.05) is 25.8 Å². The van der Waals surface area contributed by atoms with E-state index in [1.165, 1.54) is 6.33 Å². The van der Waals surface area contributed by atoms with Crippen LogP contribution in [0.3, 0.4) is 0 Å². The van der Waals surface area contributed by atoms with Crippen LogP contribution in [0.15, 0.2) is 12.5 Å². The Bertz CT molecular complexity index is 649. The van der Waals surface area contributed by atoms with E-state index in [0.29, 0.717) is 24.6 Å². The fourth-order valence-corrected chi connectivity index (χ4v) is 3.83. The van der Waals surface area contributed by atoms with Gasteiger partial charge in [0.2, 0.25) is 5.91 Å². The molecule has 8 heteroatoms. The van der Waals surface area contributed by atoms with Crippen molar-refractivity contribution in [2.24, 2.45) is 5.92 Å². The number of hydrogen-bond donors (Lipinski definition) is 2. The van der Waals surface area contributed by atoms with E-state index in [1.807, 2.05) is 18.7 Å². The van der Waals surface area contributed by atoms with Gasteiger partial charge in [-0.3, -0.25) is 9.59 Å². The summed E-state index contributed by atoms with van der Waals surface area (Å²) in [6, 6.07) is -0.0496. The van der Waals surface area contributed by atoms with Crippen LogP contribution >= 0.6 is 12.4 Å². The van der Waals surface area contributed by atoms with Crippen LogP contribution in [0.5, 0.6) is 0 Å². The Morgan fingerprint density at radius 3 is 2.85 bits per heavy atom. The van der Waals surface area contributed by atoms with Crippen molar-refractivity contribution in [1.29, 1.82) is 0 Å². The number of hydrogen-bond acceptors (Lipinski definition) is 5. The molecular weight excluding hydrogens is 366 g/mol. The van der Waals surface area contributed by atoms with Gasteiger partial charge in [-0.1, -0.05) is 13.8 Å². The van der Waals surface area contributed by atoms with Gasteiger partial charge >= 0.3 is 0 Å². The number of nitrogens with one attached hydrogen (secondary N) is 2. The van der Waals surface area contributed by atoms with Gasteiger partial charge in [-0.25, -0.2) is 9.97 Å². The van der Waals surface area contributed by atoms with Crippen molar-refractivity contribution in [3.8, 4) is 0 Å². The van der Waals surface area contributed by atoms with E-state index < -0.39 is 0 Å². The number of nitrogens with zero attached hydrogens (tertiary/aromatic N) is 3. The molecule has 2 unspecified atom stereocenters. The van der Waals surface area contributed by atoms with Crippen LogP contribution in [-0.2, 0) is 4.79 Å². The van der Waals surface area contributed by atoms with Gasteiger partial charge < -0.3 is 15.5 Å². The molecule has 1 aromatic heterocycles. The summed E-state index contributed by atoms with van der Waals surface area (Å²) in [4.78, 5) is 35.4. The Balaban J connectivity index is 0.00000261. The molecular formula is C19H30ClN5O2. The van der Waals surface area contributed by atoms with Crippen LogP contribution in [-0.4, -0.2) is 58.9 Å². The number of rotatable bonds is 5. The normalized spacial score (nSPS) is 22.4. The van der Waals surface area contributed by atoms with E-state index >= 15 is 0 Å². The first kappa shape index (κ1) is 21.6. The topological polar surface area (TPSA) is 87.2 Å². The Labute approximate surface area is 167 Å². The standard InChI is InChI=1S/C19H29N5O2.ClH/c1-13(2)17-15(10-20-12-23-17)19(26)24-8-4-5-14(11-24)9-22-18(25)16-6-3-7-21-16;/h10,12-14,16,21H,3-9,11H2,1-2H3,(H,22,25);1H. The quantitative estimate of drug-likeness (QED) is 0.792. The van der Waals surface area contributed by atoms with E-state index in [2.05, 4.69) is 20.6 Å². The maximum absolute atomic E-state index is 13.0. The van der Waals surface area contributed by atoms with Gasteiger partial charge in [-0.05, 0) is 44.1 Å². The lowest BCUT2D eigenvalue weighted by molar-refractivity contribution is -0.123. The maximum atomic E-state index is 13.0. The van der Waals surface area contributed by atoms with Gasteiger partial charge in [-0.15, -0.1) is 12.4 Å². The zero-order chi connectivity index (χ0) is 18.5. The second-order valence-corrected chi connectivity index (χ2v) is 7.63. The van der Waals surface area contributed by atoms with Gasteiger partial charge in [0.15, 0.2) is 0 Å². The minimum atomic E-state index is -0.0496. The molecule has 1 aromatic rings. The largest absolute Gasteiger partial charge is 0.354 e. The van der Waals surface area contributed by atoms with E-state index in [0.717, 1.165) is 44.5 Å². The van der Waals surface area contributed by atoms with E-state index in [9.17, 15) is 9.59 Å². The van der Waals surface area contributed by atoms with Gasteiger partial charge in [0.25, 0.3) is 5.91 Å². The summed E-state index contributed by atoms with van der Waals surface area (Å²) in [5.74, 6) is 0.563. The summed E-state index contributed by atoms with van der Waals surface area (Å²) >= 11 is 0. The number of halogens is 1. The fraction of sp³-hybridized carbons (Fsp3) is 0.684. The molecule has 2 N–H and O–H groups in total. The highest BCUT2D eigenvalue weighted by Gasteiger charge is 2.28. The molecule has 150 valence electrons. The first-order chi connectivity index (χ1) is 12.6. The van der Waals surface area contributed by atoms with Gasteiger partial charge in [-0.2, -0.15) is 0 Å². The van der Waals surface area contributed by atoms with Crippen LogP contribution in [0.25, 0.3) is 0 Å². The first-order valence-corrected chi connectivity index (χ1v) is 9.66. The van der Waals surface area contributed by atoms with Gasteiger partial charge in [0.1, 0.15) is 6.33 Å². The summed E-state index contributed by atoms with van der Waals surface area (Å²) in [5, 5.41) is 6.28. The van der Waals surface area contributed by atoms with Crippen LogP contribution < -0.4 is 10.6 Å². The number of carbonyl (C=O) groups excluding carboxylic acids is 2. The lowest BCUT2D eigenvalue weighted by Gasteiger charge is -2.33. The molecule has 3 heterocycles. The number of aromatic nitrogens is 2.